The van der Waals surface area contributed by atoms with E-state index in [-0.39, 0.29) is 28.2 Å². The molecule has 2 heterocycles. The third-order valence-electron chi connectivity index (χ3n) is 3.18. The number of methoxy groups -OCH3 is 1. The number of fused-ring (bicyclic) bond motifs is 1. The van der Waals surface area contributed by atoms with Crippen LogP contribution in [-0.2, 0) is 0 Å². The number of aromatic amines is 1. The number of H-pyrrole nitrogens is 1. The summed E-state index contributed by atoms with van der Waals surface area (Å²) in [6.07, 6.45) is 0. The van der Waals surface area contributed by atoms with Crippen LogP contribution in [0.4, 0.5) is 8.78 Å². The molecule has 0 fully saturated rings. The number of halogens is 2. The number of hydrogen-bond donors (Lipinski definition) is 1. The molecule has 0 radical (unpaired) electrons. The summed E-state index contributed by atoms with van der Waals surface area (Å²) in [5, 5.41) is 0.190. The van der Waals surface area contributed by atoms with Crippen LogP contribution in [0, 0.1) is 6.92 Å². The van der Waals surface area contributed by atoms with Crippen LogP contribution in [0.2, 0.25) is 0 Å². The number of nitrogens with zero attached hydrogens (tertiary/aromatic N) is 1. The predicted molar refractivity (Wildman–Crippen MR) is 78.0 cm³/mol. The Morgan fingerprint density at radius 3 is 2.65 bits per heavy atom. The zero-order valence-corrected chi connectivity index (χ0v) is 12.2. The Morgan fingerprint density at radius 1 is 1.26 bits per heavy atom. The second-order valence-electron chi connectivity index (χ2n) is 4.72. The standard InChI is InChI=1S/C15H12F2N2O4/c1-7-3-4-10(22-7)13-18-9-6-12(23-15(16)17)11(21-2)5-8(9)14(20)19-13/h3-6,15H,1-2H3,(H,18,19,20). The topological polar surface area (TPSA) is 77.4 Å². The van der Waals surface area contributed by atoms with Gasteiger partial charge in [0.25, 0.3) is 5.56 Å². The molecule has 120 valence electrons. The number of aryl methyl sites for hydroxylation is 1. The van der Waals surface area contributed by atoms with Gasteiger partial charge in [-0.1, -0.05) is 0 Å². The number of furan rings is 1. The minimum Gasteiger partial charge on any atom is -0.493 e. The van der Waals surface area contributed by atoms with Crippen molar-refractivity contribution in [3.05, 3.63) is 40.4 Å². The Hall–Kier alpha value is -2.90. The van der Waals surface area contributed by atoms with Crippen molar-refractivity contribution in [3.8, 4) is 23.1 Å². The van der Waals surface area contributed by atoms with Gasteiger partial charge in [0.2, 0.25) is 0 Å². The predicted octanol–water partition coefficient (Wildman–Crippen LogP) is 3.10. The first-order valence-electron chi connectivity index (χ1n) is 6.61. The molecule has 23 heavy (non-hydrogen) atoms. The lowest BCUT2D eigenvalue weighted by Gasteiger charge is -2.10. The maximum Gasteiger partial charge on any atom is 0.387 e. The Morgan fingerprint density at radius 2 is 2.04 bits per heavy atom. The summed E-state index contributed by atoms with van der Waals surface area (Å²) in [4.78, 5) is 19.0. The summed E-state index contributed by atoms with van der Waals surface area (Å²) in [5.41, 5.74) is -0.254. The first kappa shape index (κ1) is 15.0. The van der Waals surface area contributed by atoms with Gasteiger partial charge in [-0.25, -0.2) is 4.98 Å². The van der Waals surface area contributed by atoms with E-state index in [0.717, 1.165) is 0 Å². The van der Waals surface area contributed by atoms with E-state index in [9.17, 15) is 13.6 Å². The molecular weight excluding hydrogens is 310 g/mol. The molecule has 6 nitrogen and oxygen atoms in total. The number of alkyl halides is 2. The van der Waals surface area contributed by atoms with Crippen molar-refractivity contribution in [2.75, 3.05) is 7.11 Å². The number of ether oxygens (including phenoxy) is 2. The fourth-order valence-corrected chi connectivity index (χ4v) is 2.17. The van der Waals surface area contributed by atoms with Crippen LogP contribution in [-0.4, -0.2) is 23.7 Å². The highest BCUT2D eigenvalue weighted by atomic mass is 19.3. The van der Waals surface area contributed by atoms with Gasteiger partial charge in [-0.2, -0.15) is 8.78 Å². The molecule has 1 aromatic carbocycles. The second-order valence-corrected chi connectivity index (χ2v) is 4.72. The van der Waals surface area contributed by atoms with Gasteiger partial charge in [-0.3, -0.25) is 4.79 Å². The monoisotopic (exact) mass is 322 g/mol. The van der Waals surface area contributed by atoms with Crippen molar-refractivity contribution in [1.29, 1.82) is 0 Å². The normalized spacial score (nSPS) is 11.2. The summed E-state index contributed by atoms with van der Waals surface area (Å²) >= 11 is 0. The van der Waals surface area contributed by atoms with Crippen LogP contribution in [0.15, 0.2) is 33.5 Å². The van der Waals surface area contributed by atoms with Gasteiger partial charge in [0.05, 0.1) is 18.0 Å². The molecule has 0 spiro atoms. The average Bonchev–Trinajstić information content (AvgIpc) is 2.92. The molecule has 0 saturated heterocycles. The average molecular weight is 322 g/mol. The van der Waals surface area contributed by atoms with Crippen molar-refractivity contribution in [2.24, 2.45) is 0 Å². The third kappa shape index (κ3) is 2.87. The maximum atomic E-state index is 12.5. The van der Waals surface area contributed by atoms with E-state index in [0.29, 0.717) is 11.5 Å². The Kier molecular flexibility index (Phi) is 3.73. The molecule has 3 aromatic rings. The van der Waals surface area contributed by atoms with Crippen LogP contribution >= 0.6 is 0 Å². The fraction of sp³-hybridized carbons (Fsp3) is 0.200. The molecule has 1 N–H and O–H groups in total. The van der Waals surface area contributed by atoms with E-state index in [1.807, 2.05) is 0 Å². The first-order valence-corrected chi connectivity index (χ1v) is 6.61. The van der Waals surface area contributed by atoms with Gasteiger partial charge in [-0.15, -0.1) is 0 Å². The molecule has 0 bridgehead atoms. The van der Waals surface area contributed by atoms with Crippen LogP contribution in [0.1, 0.15) is 5.76 Å². The van der Waals surface area contributed by atoms with Crippen molar-refractivity contribution in [2.45, 2.75) is 13.5 Å². The second kappa shape index (κ2) is 5.71. The molecule has 0 atom stereocenters. The number of nitrogens with one attached hydrogen (secondary N) is 1. The van der Waals surface area contributed by atoms with Gasteiger partial charge < -0.3 is 18.9 Å². The Labute approximate surface area is 128 Å². The lowest BCUT2D eigenvalue weighted by Crippen LogP contribution is -2.11. The smallest absolute Gasteiger partial charge is 0.387 e. The van der Waals surface area contributed by atoms with Gasteiger partial charge in [0, 0.05) is 6.07 Å². The number of rotatable bonds is 4. The number of aromatic nitrogens is 2. The van der Waals surface area contributed by atoms with Crippen LogP contribution in [0.3, 0.4) is 0 Å². The first-order chi connectivity index (χ1) is 11.0. The van der Waals surface area contributed by atoms with Crippen molar-refractivity contribution in [1.82, 2.24) is 9.97 Å². The van der Waals surface area contributed by atoms with Crippen LogP contribution < -0.4 is 15.0 Å². The summed E-state index contributed by atoms with van der Waals surface area (Å²) in [5.74, 6) is 1.04. The van der Waals surface area contributed by atoms with E-state index in [1.54, 1.807) is 19.1 Å². The highest BCUT2D eigenvalue weighted by Gasteiger charge is 2.16. The maximum absolute atomic E-state index is 12.5. The van der Waals surface area contributed by atoms with Gasteiger partial charge in [-0.05, 0) is 25.1 Å². The van der Waals surface area contributed by atoms with E-state index >= 15 is 0 Å². The highest BCUT2D eigenvalue weighted by Crippen LogP contribution is 2.32. The zero-order valence-electron chi connectivity index (χ0n) is 12.2. The highest BCUT2D eigenvalue weighted by molar-refractivity contribution is 5.83. The summed E-state index contributed by atoms with van der Waals surface area (Å²) < 4.78 is 39.7. The number of benzene rings is 1. The Balaban J connectivity index is 2.20. The lowest BCUT2D eigenvalue weighted by molar-refractivity contribution is -0.0511. The molecule has 0 aliphatic rings. The van der Waals surface area contributed by atoms with Gasteiger partial charge in [0.1, 0.15) is 5.76 Å². The summed E-state index contributed by atoms with van der Waals surface area (Å²) in [7, 11) is 1.29. The molecular formula is C15H12F2N2O4. The molecule has 0 unspecified atom stereocenters. The van der Waals surface area contributed by atoms with Crippen LogP contribution in [0.5, 0.6) is 11.5 Å². The fourth-order valence-electron chi connectivity index (χ4n) is 2.17. The molecule has 3 rings (SSSR count). The molecule has 8 heteroatoms. The van der Waals surface area contributed by atoms with Crippen molar-refractivity contribution < 1.29 is 22.7 Å². The lowest BCUT2D eigenvalue weighted by atomic mass is 10.2. The summed E-state index contributed by atoms with van der Waals surface area (Å²) in [6, 6.07) is 5.91. The SMILES string of the molecule is COc1cc2c(=O)[nH]c(-c3ccc(C)o3)nc2cc1OC(F)F. The van der Waals surface area contributed by atoms with Gasteiger partial charge >= 0.3 is 6.61 Å². The third-order valence-corrected chi connectivity index (χ3v) is 3.18. The minimum atomic E-state index is -3.02. The van der Waals surface area contributed by atoms with E-state index in [1.165, 1.54) is 19.2 Å². The van der Waals surface area contributed by atoms with Gasteiger partial charge in [0.15, 0.2) is 23.1 Å². The summed E-state index contributed by atoms with van der Waals surface area (Å²) in [6.45, 7) is -1.27. The quantitative estimate of drug-likeness (QED) is 0.798. The molecule has 0 aliphatic heterocycles. The molecule has 0 saturated carbocycles. The van der Waals surface area contributed by atoms with E-state index in [2.05, 4.69) is 14.7 Å². The van der Waals surface area contributed by atoms with Crippen LogP contribution in [0.25, 0.3) is 22.5 Å². The largest absolute Gasteiger partial charge is 0.493 e. The van der Waals surface area contributed by atoms with Crippen molar-refractivity contribution in [3.63, 3.8) is 0 Å². The number of hydrogen-bond acceptors (Lipinski definition) is 5. The van der Waals surface area contributed by atoms with E-state index < -0.39 is 12.2 Å². The minimum absolute atomic E-state index is 0.0201. The van der Waals surface area contributed by atoms with E-state index in [4.69, 9.17) is 9.15 Å². The van der Waals surface area contributed by atoms with Crippen molar-refractivity contribution >= 4 is 10.9 Å². The molecule has 0 aliphatic carbocycles. The molecule has 2 aromatic heterocycles. The molecule has 0 amide bonds. The zero-order chi connectivity index (χ0) is 16.6. The Bertz CT molecular complexity index is 917.